The van der Waals surface area contributed by atoms with Crippen LogP contribution in [0.4, 0.5) is 11.4 Å². The predicted molar refractivity (Wildman–Crippen MR) is 165 cm³/mol. The number of nitro benzene ring substituents is 2. The number of ether oxygens (including phenoxy) is 3. The number of hydrogen-bond donors (Lipinski definition) is 0. The first-order chi connectivity index (χ1) is 21.1. The molecule has 0 aromatic heterocycles. The lowest BCUT2D eigenvalue weighted by Gasteiger charge is -2.42. The van der Waals surface area contributed by atoms with Gasteiger partial charge in [-0.25, -0.2) is 0 Å². The number of carbonyl (C=O) groups excluding carboxylic acids is 2. The van der Waals surface area contributed by atoms with Crippen LogP contribution in [-0.2, 0) is 20.7 Å². The maximum absolute atomic E-state index is 13.8. The molecule has 11 nitrogen and oxygen atoms in total. The zero-order chi connectivity index (χ0) is 32.8. The molecule has 236 valence electrons. The van der Waals surface area contributed by atoms with E-state index in [1.165, 1.54) is 6.07 Å². The summed E-state index contributed by atoms with van der Waals surface area (Å²) in [7, 11) is 0. The number of hydrogen-bond acceptors (Lipinski definition) is 9. The lowest BCUT2D eigenvalue weighted by Crippen LogP contribution is -2.37. The van der Waals surface area contributed by atoms with E-state index < -0.39 is 27.1 Å². The minimum absolute atomic E-state index is 0.0829. The third-order valence-electron chi connectivity index (χ3n) is 8.30. The van der Waals surface area contributed by atoms with Gasteiger partial charge in [0.05, 0.1) is 22.5 Å². The Kier molecular flexibility index (Phi) is 8.16. The van der Waals surface area contributed by atoms with Crippen LogP contribution in [-0.4, -0.2) is 28.0 Å². The van der Waals surface area contributed by atoms with Crippen molar-refractivity contribution in [1.29, 1.82) is 0 Å². The fourth-order valence-electron chi connectivity index (χ4n) is 6.50. The van der Waals surface area contributed by atoms with Crippen LogP contribution in [0.3, 0.4) is 0 Å². The smallest absolute Gasteiger partial charge is 0.318 e. The van der Waals surface area contributed by atoms with Crippen molar-refractivity contribution in [1.82, 2.24) is 0 Å². The summed E-state index contributed by atoms with van der Waals surface area (Å²) < 4.78 is 18.5. The largest absolute Gasteiger partial charge is 0.490 e. The van der Waals surface area contributed by atoms with Crippen LogP contribution in [0.2, 0.25) is 0 Å². The van der Waals surface area contributed by atoms with Gasteiger partial charge in [0.15, 0.2) is 23.1 Å². The van der Waals surface area contributed by atoms with Gasteiger partial charge in [0.2, 0.25) is 5.75 Å². The third-order valence-corrected chi connectivity index (χ3v) is 8.30. The van der Waals surface area contributed by atoms with Crippen molar-refractivity contribution in [2.75, 3.05) is 6.61 Å². The van der Waals surface area contributed by atoms with Gasteiger partial charge in [-0.2, -0.15) is 0 Å². The molecule has 0 saturated heterocycles. The lowest BCUT2D eigenvalue weighted by molar-refractivity contribution is -0.394. The van der Waals surface area contributed by atoms with E-state index >= 15 is 0 Å². The molecule has 2 aliphatic carbocycles. The zero-order valence-corrected chi connectivity index (χ0v) is 26.1. The van der Waals surface area contributed by atoms with Crippen molar-refractivity contribution in [2.24, 2.45) is 10.8 Å². The first-order valence-electron chi connectivity index (χ1n) is 14.9. The van der Waals surface area contributed by atoms with E-state index in [0.717, 1.165) is 12.1 Å². The Morgan fingerprint density at radius 3 is 2.02 bits per heavy atom. The molecular weight excluding hydrogens is 580 g/mol. The molecule has 2 aromatic rings. The maximum Gasteiger partial charge on any atom is 0.318 e. The Morgan fingerprint density at radius 1 is 0.911 bits per heavy atom. The Balaban J connectivity index is 1.72. The second-order valence-corrected chi connectivity index (χ2v) is 13.3. The average molecular weight is 617 g/mol. The minimum atomic E-state index is -0.749. The van der Waals surface area contributed by atoms with Crippen molar-refractivity contribution < 1.29 is 33.6 Å². The predicted octanol–water partition coefficient (Wildman–Crippen LogP) is 7.82. The third kappa shape index (κ3) is 6.11. The first-order valence-corrected chi connectivity index (χ1v) is 14.9. The SMILES string of the molecule is C=CCc1cc(C2C3=C(CC(C)(C)CC3=O)OC3=C2C(=O)CC(C)(C)C3)cc(OCC)c1Oc1ccc([N+](=O)[O-])cc1[N+](=O)[O-]. The molecule has 1 aliphatic heterocycles. The molecule has 0 spiro atoms. The maximum atomic E-state index is 13.8. The summed E-state index contributed by atoms with van der Waals surface area (Å²) in [6, 6.07) is 6.65. The van der Waals surface area contributed by atoms with Gasteiger partial charge in [0.1, 0.15) is 11.5 Å². The van der Waals surface area contributed by atoms with Crippen molar-refractivity contribution in [3.05, 3.63) is 97.0 Å². The van der Waals surface area contributed by atoms with Crippen molar-refractivity contribution in [2.45, 2.75) is 72.6 Å². The summed E-state index contributed by atoms with van der Waals surface area (Å²) in [5.41, 5.74) is 0.449. The van der Waals surface area contributed by atoms with E-state index in [2.05, 4.69) is 6.58 Å². The number of nitrogens with zero attached hydrogens (tertiary/aromatic N) is 2. The van der Waals surface area contributed by atoms with E-state index in [1.54, 1.807) is 19.1 Å². The fraction of sp³-hybridized carbons (Fsp3) is 0.412. The summed E-state index contributed by atoms with van der Waals surface area (Å²) in [6.45, 7) is 13.9. The standard InChI is InChI=1S/C34H36N2O9/c1-7-9-19-12-20(13-26(43-8-2)32(19)45-25-11-10-21(35(39)40)14-22(25)36(41)42)29-30-23(37)15-33(3,4)17-27(30)44-28-18-34(5,6)16-24(38)31(28)29/h7,10-14,29H,1,8-9,15-18H2,2-6H3. The van der Waals surface area contributed by atoms with Crippen LogP contribution in [0.1, 0.15) is 77.3 Å². The number of nitro groups is 2. The number of Topliss-reactive ketones (excluding diaryl/α,β-unsaturated/α-hetero) is 2. The molecule has 1 heterocycles. The number of carbonyl (C=O) groups is 2. The Hall–Kier alpha value is -4.80. The van der Waals surface area contributed by atoms with Crippen LogP contribution < -0.4 is 9.47 Å². The molecule has 0 unspecified atom stereocenters. The summed E-state index contributed by atoms with van der Waals surface area (Å²) >= 11 is 0. The van der Waals surface area contributed by atoms with Gasteiger partial charge in [-0.05, 0) is 41.9 Å². The van der Waals surface area contributed by atoms with Gasteiger partial charge in [-0.15, -0.1) is 6.58 Å². The molecule has 0 saturated carbocycles. The van der Waals surface area contributed by atoms with Crippen LogP contribution in [0, 0.1) is 31.1 Å². The highest BCUT2D eigenvalue weighted by Gasteiger charge is 2.48. The number of rotatable bonds is 9. The molecule has 0 fully saturated rings. The number of non-ortho nitro benzene ring substituents is 1. The Labute approximate surface area is 260 Å². The van der Waals surface area contributed by atoms with Crippen LogP contribution in [0.5, 0.6) is 17.2 Å². The normalized spacial score (nSPS) is 19.0. The summed E-state index contributed by atoms with van der Waals surface area (Å²) in [6.07, 6.45) is 3.58. The monoisotopic (exact) mass is 616 g/mol. The van der Waals surface area contributed by atoms with E-state index in [0.29, 0.717) is 59.5 Å². The Bertz CT molecular complexity index is 1660. The van der Waals surface area contributed by atoms with Gasteiger partial charge < -0.3 is 14.2 Å². The van der Waals surface area contributed by atoms with E-state index in [4.69, 9.17) is 14.2 Å². The zero-order valence-electron chi connectivity index (χ0n) is 26.1. The highest BCUT2D eigenvalue weighted by atomic mass is 16.6. The molecule has 3 aliphatic rings. The second-order valence-electron chi connectivity index (χ2n) is 13.3. The minimum Gasteiger partial charge on any atom is -0.490 e. The van der Waals surface area contributed by atoms with Crippen LogP contribution in [0.15, 0.2) is 65.7 Å². The van der Waals surface area contributed by atoms with Crippen LogP contribution >= 0.6 is 0 Å². The lowest BCUT2D eigenvalue weighted by atomic mass is 9.65. The van der Waals surface area contributed by atoms with Crippen molar-refractivity contribution in [3.8, 4) is 17.2 Å². The highest BCUT2D eigenvalue weighted by Crippen LogP contribution is 2.54. The molecular formula is C34H36N2O9. The van der Waals surface area contributed by atoms with E-state index in [-0.39, 0.29) is 52.7 Å². The molecule has 11 heteroatoms. The first kappa shape index (κ1) is 31.6. The number of ketones is 2. The molecule has 0 atom stereocenters. The molecule has 2 aromatic carbocycles. The number of benzene rings is 2. The highest BCUT2D eigenvalue weighted by molar-refractivity contribution is 6.06. The Morgan fingerprint density at radius 2 is 1.51 bits per heavy atom. The van der Waals surface area contributed by atoms with Gasteiger partial charge in [0.25, 0.3) is 5.69 Å². The van der Waals surface area contributed by atoms with E-state index in [9.17, 15) is 29.8 Å². The van der Waals surface area contributed by atoms with Gasteiger partial charge in [0, 0.05) is 54.4 Å². The van der Waals surface area contributed by atoms with Crippen molar-refractivity contribution in [3.63, 3.8) is 0 Å². The van der Waals surface area contributed by atoms with Crippen molar-refractivity contribution >= 4 is 22.9 Å². The number of allylic oxidation sites excluding steroid dienone is 5. The second kappa shape index (κ2) is 11.6. The van der Waals surface area contributed by atoms with Gasteiger partial charge in [-0.1, -0.05) is 39.8 Å². The topological polar surface area (TPSA) is 148 Å². The molecule has 0 bridgehead atoms. The van der Waals surface area contributed by atoms with E-state index in [1.807, 2.05) is 33.8 Å². The quantitative estimate of drug-likeness (QED) is 0.156. The summed E-state index contributed by atoms with van der Waals surface area (Å²) in [4.78, 5) is 49.2. The molecule has 0 radical (unpaired) electrons. The van der Waals surface area contributed by atoms with Gasteiger partial charge >= 0.3 is 5.69 Å². The summed E-state index contributed by atoms with van der Waals surface area (Å²) in [5.74, 6) is 0.497. The van der Waals surface area contributed by atoms with Gasteiger partial charge in [-0.3, -0.25) is 29.8 Å². The molecule has 0 N–H and O–H groups in total. The molecule has 5 rings (SSSR count). The average Bonchev–Trinajstić information content (AvgIpc) is 2.92. The van der Waals surface area contributed by atoms with Crippen LogP contribution in [0.25, 0.3) is 0 Å². The fourth-order valence-corrected chi connectivity index (χ4v) is 6.50. The molecule has 45 heavy (non-hydrogen) atoms. The summed E-state index contributed by atoms with van der Waals surface area (Å²) in [5, 5.41) is 23.1. The molecule has 0 amide bonds.